The quantitative estimate of drug-likeness (QED) is 0.727. The van der Waals surface area contributed by atoms with Crippen molar-refractivity contribution in [2.75, 3.05) is 0 Å². The molecule has 0 radical (unpaired) electrons. The van der Waals surface area contributed by atoms with E-state index in [4.69, 9.17) is 11.6 Å². The van der Waals surface area contributed by atoms with E-state index in [0.717, 1.165) is 16.9 Å². The molecule has 3 heteroatoms. The highest BCUT2D eigenvalue weighted by Crippen LogP contribution is 2.21. The number of aromatic nitrogens is 2. The SMILES string of the molecule is Cc1cccc(C)c1-n1ncc(CCl)c1C. The third kappa shape index (κ3) is 1.74. The van der Waals surface area contributed by atoms with Crippen molar-refractivity contribution in [3.63, 3.8) is 0 Å². The highest BCUT2D eigenvalue weighted by Gasteiger charge is 2.10. The summed E-state index contributed by atoms with van der Waals surface area (Å²) in [6, 6.07) is 6.27. The molecule has 0 amide bonds. The van der Waals surface area contributed by atoms with E-state index in [9.17, 15) is 0 Å². The predicted molar refractivity (Wildman–Crippen MR) is 67.3 cm³/mol. The first-order chi connectivity index (χ1) is 7.65. The summed E-state index contributed by atoms with van der Waals surface area (Å²) < 4.78 is 1.97. The standard InChI is InChI=1S/C13H15ClN2/c1-9-5-4-6-10(2)13(9)16-11(3)12(7-14)8-15-16/h4-6,8H,7H2,1-3H3. The minimum atomic E-state index is 0.511. The Labute approximate surface area is 101 Å². The van der Waals surface area contributed by atoms with Gasteiger partial charge in [-0.2, -0.15) is 5.10 Å². The molecule has 0 unspecified atom stereocenters. The Morgan fingerprint density at radius 1 is 1.19 bits per heavy atom. The Bertz CT molecular complexity index is 494. The van der Waals surface area contributed by atoms with Crippen molar-refractivity contribution < 1.29 is 0 Å². The maximum atomic E-state index is 5.86. The van der Waals surface area contributed by atoms with Crippen LogP contribution in [-0.4, -0.2) is 9.78 Å². The van der Waals surface area contributed by atoms with Crippen LogP contribution in [-0.2, 0) is 5.88 Å². The molecule has 0 bridgehead atoms. The molecule has 0 N–H and O–H groups in total. The van der Waals surface area contributed by atoms with Crippen LogP contribution >= 0.6 is 11.6 Å². The zero-order valence-electron chi connectivity index (χ0n) is 9.79. The number of aryl methyl sites for hydroxylation is 2. The number of nitrogens with zero attached hydrogens (tertiary/aromatic N) is 2. The monoisotopic (exact) mass is 234 g/mol. The van der Waals surface area contributed by atoms with Crippen LogP contribution in [0.3, 0.4) is 0 Å². The van der Waals surface area contributed by atoms with E-state index in [1.165, 1.54) is 11.1 Å². The molecular formula is C13H15ClN2. The first kappa shape index (κ1) is 11.2. The minimum Gasteiger partial charge on any atom is -0.237 e. The van der Waals surface area contributed by atoms with Crippen LogP contribution in [0.4, 0.5) is 0 Å². The van der Waals surface area contributed by atoms with Gasteiger partial charge in [0, 0.05) is 11.3 Å². The highest BCUT2D eigenvalue weighted by atomic mass is 35.5. The molecule has 0 atom stereocenters. The highest BCUT2D eigenvalue weighted by molar-refractivity contribution is 6.17. The Hall–Kier alpha value is -1.28. The van der Waals surface area contributed by atoms with Gasteiger partial charge in [0.15, 0.2) is 0 Å². The summed E-state index contributed by atoms with van der Waals surface area (Å²) in [5, 5.41) is 4.41. The fourth-order valence-electron chi connectivity index (χ4n) is 1.94. The Morgan fingerprint density at radius 2 is 1.81 bits per heavy atom. The summed E-state index contributed by atoms with van der Waals surface area (Å²) in [5.41, 5.74) is 5.83. The molecule has 0 aliphatic carbocycles. The van der Waals surface area contributed by atoms with Crippen molar-refractivity contribution in [3.05, 3.63) is 46.8 Å². The maximum Gasteiger partial charge on any atom is 0.0707 e. The average molecular weight is 235 g/mol. The van der Waals surface area contributed by atoms with E-state index < -0.39 is 0 Å². The first-order valence-electron chi connectivity index (χ1n) is 5.31. The summed E-state index contributed by atoms with van der Waals surface area (Å²) in [5.74, 6) is 0.511. The minimum absolute atomic E-state index is 0.511. The third-order valence-electron chi connectivity index (χ3n) is 2.91. The molecule has 0 saturated heterocycles. The number of halogens is 1. The molecule has 0 saturated carbocycles. The largest absolute Gasteiger partial charge is 0.237 e. The smallest absolute Gasteiger partial charge is 0.0707 e. The summed E-state index contributed by atoms with van der Waals surface area (Å²) in [6.45, 7) is 6.25. The van der Waals surface area contributed by atoms with Crippen LogP contribution in [0.25, 0.3) is 5.69 Å². The maximum absolute atomic E-state index is 5.86. The predicted octanol–water partition coefficient (Wildman–Crippen LogP) is 3.54. The van der Waals surface area contributed by atoms with Gasteiger partial charge in [-0.1, -0.05) is 18.2 Å². The molecule has 84 valence electrons. The molecular weight excluding hydrogens is 220 g/mol. The van der Waals surface area contributed by atoms with E-state index in [1.54, 1.807) is 0 Å². The lowest BCUT2D eigenvalue weighted by molar-refractivity contribution is 0.832. The average Bonchev–Trinajstić information content (AvgIpc) is 2.60. The van der Waals surface area contributed by atoms with Crippen LogP contribution < -0.4 is 0 Å². The molecule has 0 aliphatic rings. The van der Waals surface area contributed by atoms with E-state index in [1.807, 2.05) is 10.9 Å². The summed E-state index contributed by atoms with van der Waals surface area (Å²) >= 11 is 5.86. The van der Waals surface area contributed by atoms with Gasteiger partial charge < -0.3 is 0 Å². The lowest BCUT2D eigenvalue weighted by Crippen LogP contribution is -2.04. The van der Waals surface area contributed by atoms with Gasteiger partial charge in [0.25, 0.3) is 0 Å². The third-order valence-corrected chi connectivity index (χ3v) is 3.19. The Balaban J connectivity index is 2.63. The molecule has 1 aromatic carbocycles. The number of para-hydroxylation sites is 1. The zero-order valence-corrected chi connectivity index (χ0v) is 10.5. The fourth-order valence-corrected chi connectivity index (χ4v) is 2.20. The van der Waals surface area contributed by atoms with Gasteiger partial charge >= 0.3 is 0 Å². The van der Waals surface area contributed by atoms with Crippen molar-refractivity contribution in [2.24, 2.45) is 0 Å². The molecule has 2 nitrogen and oxygen atoms in total. The van der Waals surface area contributed by atoms with Crippen LogP contribution in [0, 0.1) is 20.8 Å². The molecule has 0 aliphatic heterocycles. The van der Waals surface area contributed by atoms with Crippen LogP contribution in [0.15, 0.2) is 24.4 Å². The number of benzene rings is 1. The molecule has 1 heterocycles. The summed E-state index contributed by atoms with van der Waals surface area (Å²) in [4.78, 5) is 0. The van der Waals surface area contributed by atoms with Gasteiger partial charge in [-0.25, -0.2) is 4.68 Å². The van der Waals surface area contributed by atoms with Gasteiger partial charge in [-0.05, 0) is 31.9 Å². The number of hydrogen-bond acceptors (Lipinski definition) is 1. The normalized spacial score (nSPS) is 10.8. The second kappa shape index (κ2) is 4.30. The fraction of sp³-hybridized carbons (Fsp3) is 0.308. The van der Waals surface area contributed by atoms with Crippen molar-refractivity contribution in [2.45, 2.75) is 26.7 Å². The van der Waals surface area contributed by atoms with E-state index in [0.29, 0.717) is 5.88 Å². The van der Waals surface area contributed by atoms with Gasteiger partial charge in [0.2, 0.25) is 0 Å². The van der Waals surface area contributed by atoms with Crippen molar-refractivity contribution >= 4 is 11.6 Å². The van der Waals surface area contributed by atoms with Crippen LogP contribution in [0.2, 0.25) is 0 Å². The van der Waals surface area contributed by atoms with E-state index in [-0.39, 0.29) is 0 Å². The Kier molecular flexibility index (Phi) is 3.01. The van der Waals surface area contributed by atoms with Crippen LogP contribution in [0.1, 0.15) is 22.4 Å². The number of rotatable bonds is 2. The second-order valence-corrected chi connectivity index (χ2v) is 4.31. The molecule has 16 heavy (non-hydrogen) atoms. The van der Waals surface area contributed by atoms with Crippen molar-refractivity contribution in [1.29, 1.82) is 0 Å². The Morgan fingerprint density at radius 3 is 2.31 bits per heavy atom. The van der Waals surface area contributed by atoms with E-state index >= 15 is 0 Å². The van der Waals surface area contributed by atoms with Crippen LogP contribution in [0.5, 0.6) is 0 Å². The lowest BCUT2D eigenvalue weighted by Gasteiger charge is -2.11. The summed E-state index contributed by atoms with van der Waals surface area (Å²) in [7, 11) is 0. The number of alkyl halides is 1. The van der Waals surface area contributed by atoms with Crippen molar-refractivity contribution in [1.82, 2.24) is 9.78 Å². The second-order valence-electron chi connectivity index (χ2n) is 4.04. The molecule has 2 rings (SSSR count). The van der Waals surface area contributed by atoms with Gasteiger partial charge in [-0.3, -0.25) is 0 Å². The lowest BCUT2D eigenvalue weighted by atomic mass is 10.1. The first-order valence-corrected chi connectivity index (χ1v) is 5.84. The molecule has 2 aromatic rings. The van der Waals surface area contributed by atoms with E-state index in [2.05, 4.69) is 44.1 Å². The molecule has 0 fully saturated rings. The number of hydrogen-bond donors (Lipinski definition) is 0. The van der Waals surface area contributed by atoms with Crippen molar-refractivity contribution in [3.8, 4) is 5.69 Å². The molecule has 0 spiro atoms. The summed E-state index contributed by atoms with van der Waals surface area (Å²) in [6.07, 6.45) is 1.84. The van der Waals surface area contributed by atoms with Gasteiger partial charge in [0.1, 0.15) is 0 Å². The zero-order chi connectivity index (χ0) is 11.7. The van der Waals surface area contributed by atoms with Gasteiger partial charge in [-0.15, -0.1) is 11.6 Å². The topological polar surface area (TPSA) is 17.8 Å². The van der Waals surface area contributed by atoms with Gasteiger partial charge in [0.05, 0.1) is 17.8 Å². The molecule has 1 aromatic heterocycles.